The molecule has 0 bridgehead atoms. The van der Waals surface area contributed by atoms with E-state index in [2.05, 4.69) is 15.3 Å². The number of furan rings is 1. The number of Topliss-reactive ketones (excluding diaryl/α,β-unsaturated/α-hetero) is 1. The maximum atomic E-state index is 12.9. The average Bonchev–Trinajstić information content (AvgIpc) is 3.41. The largest absolute Gasteiger partial charge is 0.464 e. The van der Waals surface area contributed by atoms with Gasteiger partial charge in [-0.15, -0.1) is 0 Å². The summed E-state index contributed by atoms with van der Waals surface area (Å²) in [6.07, 6.45) is 5.91. The van der Waals surface area contributed by atoms with Crippen molar-refractivity contribution in [3.05, 3.63) is 78.7 Å². The number of nitrogens with zero attached hydrogens (tertiary/aromatic N) is 3. The van der Waals surface area contributed by atoms with Crippen LogP contribution in [-0.2, 0) is 16.0 Å². The number of nitrogens with one attached hydrogen (secondary N) is 1. The van der Waals surface area contributed by atoms with E-state index in [9.17, 15) is 14.4 Å². The molecule has 1 aromatic carbocycles. The maximum Gasteiger partial charge on any atom is 0.287 e. The molecule has 0 saturated carbocycles. The molecule has 0 radical (unpaired) electrons. The minimum atomic E-state index is -1.16. The first-order valence-corrected chi connectivity index (χ1v) is 9.08. The predicted molar refractivity (Wildman–Crippen MR) is 107 cm³/mol. The molecule has 3 aromatic heterocycles. The number of pyridine rings is 1. The second-order valence-electron chi connectivity index (χ2n) is 6.55. The monoisotopic (exact) mass is 403 g/mol. The van der Waals surface area contributed by atoms with E-state index in [-0.39, 0.29) is 12.1 Å². The van der Waals surface area contributed by atoms with Crippen LogP contribution in [0.1, 0.15) is 16.1 Å². The molecule has 9 nitrogen and oxygen atoms in total. The van der Waals surface area contributed by atoms with Gasteiger partial charge in [0.15, 0.2) is 0 Å². The van der Waals surface area contributed by atoms with Gasteiger partial charge in [0.2, 0.25) is 5.78 Å². The number of rotatable bonds is 7. The minimum Gasteiger partial charge on any atom is -0.464 e. The Morgan fingerprint density at radius 1 is 1.13 bits per heavy atom. The SMILES string of the molecule is NC(=O)C(=O)C(Cc1coc2ccccc12)NC(=O)c1cncn1-c1ccccn1. The lowest BCUT2D eigenvalue weighted by atomic mass is 10.0. The van der Waals surface area contributed by atoms with Gasteiger partial charge in [-0.1, -0.05) is 24.3 Å². The summed E-state index contributed by atoms with van der Waals surface area (Å²) in [4.78, 5) is 45.1. The van der Waals surface area contributed by atoms with Crippen molar-refractivity contribution in [1.82, 2.24) is 19.9 Å². The zero-order valence-electron chi connectivity index (χ0n) is 15.7. The van der Waals surface area contributed by atoms with Crippen molar-refractivity contribution in [1.29, 1.82) is 0 Å². The highest BCUT2D eigenvalue weighted by Gasteiger charge is 2.28. The number of benzene rings is 1. The van der Waals surface area contributed by atoms with Crippen LogP contribution in [0.25, 0.3) is 16.8 Å². The fraction of sp³-hybridized carbons (Fsp3) is 0.0952. The van der Waals surface area contributed by atoms with E-state index in [4.69, 9.17) is 10.2 Å². The molecule has 0 spiro atoms. The predicted octanol–water partition coefficient (Wildman–Crippen LogP) is 1.41. The number of aromatic nitrogens is 3. The number of para-hydroxylation sites is 1. The van der Waals surface area contributed by atoms with Gasteiger partial charge in [-0.05, 0) is 18.2 Å². The Morgan fingerprint density at radius 3 is 2.70 bits per heavy atom. The van der Waals surface area contributed by atoms with Gasteiger partial charge >= 0.3 is 0 Å². The molecule has 0 saturated heterocycles. The van der Waals surface area contributed by atoms with Crippen molar-refractivity contribution < 1.29 is 18.8 Å². The van der Waals surface area contributed by atoms with Crippen molar-refractivity contribution in [3.63, 3.8) is 0 Å². The van der Waals surface area contributed by atoms with Crippen molar-refractivity contribution in [2.45, 2.75) is 12.5 Å². The van der Waals surface area contributed by atoms with E-state index in [1.54, 1.807) is 30.5 Å². The molecule has 0 aliphatic heterocycles. The number of carbonyl (C=O) groups is 3. The van der Waals surface area contributed by atoms with Crippen LogP contribution in [0, 0.1) is 0 Å². The van der Waals surface area contributed by atoms with Crippen LogP contribution in [0.2, 0.25) is 0 Å². The molecule has 4 rings (SSSR count). The number of imidazole rings is 1. The van der Waals surface area contributed by atoms with Crippen LogP contribution < -0.4 is 11.1 Å². The Labute approximate surface area is 170 Å². The van der Waals surface area contributed by atoms with E-state index in [1.807, 2.05) is 18.2 Å². The summed E-state index contributed by atoms with van der Waals surface area (Å²) in [5.74, 6) is -2.15. The number of nitrogens with two attached hydrogens (primary N) is 1. The van der Waals surface area contributed by atoms with Gasteiger partial charge in [-0.25, -0.2) is 9.97 Å². The summed E-state index contributed by atoms with van der Waals surface area (Å²) in [7, 11) is 0. The van der Waals surface area contributed by atoms with Crippen LogP contribution in [0.15, 0.2) is 71.9 Å². The minimum absolute atomic E-state index is 0.0439. The lowest BCUT2D eigenvalue weighted by Crippen LogP contribution is -2.47. The van der Waals surface area contributed by atoms with Gasteiger partial charge in [0.05, 0.1) is 12.5 Å². The Morgan fingerprint density at radius 2 is 1.93 bits per heavy atom. The van der Waals surface area contributed by atoms with Crippen molar-refractivity contribution in [3.8, 4) is 5.82 Å². The zero-order valence-corrected chi connectivity index (χ0v) is 15.7. The van der Waals surface area contributed by atoms with Gasteiger partial charge in [0.1, 0.15) is 29.5 Å². The van der Waals surface area contributed by atoms with E-state index in [0.717, 1.165) is 5.39 Å². The maximum absolute atomic E-state index is 12.9. The van der Waals surface area contributed by atoms with Crippen LogP contribution in [-0.4, -0.2) is 38.2 Å². The number of carbonyl (C=O) groups excluding carboxylic acids is 3. The van der Waals surface area contributed by atoms with Gasteiger partial charge in [0, 0.05) is 23.6 Å². The standard InChI is InChI=1S/C21H17N5O4/c22-20(28)19(27)15(9-13-11-30-17-6-2-1-5-14(13)17)25-21(29)16-10-23-12-26(16)18-7-3-4-8-24-18/h1-8,10-12,15H,9H2,(H2,22,28)(H,25,29). The lowest BCUT2D eigenvalue weighted by molar-refractivity contribution is -0.137. The van der Waals surface area contributed by atoms with E-state index >= 15 is 0 Å². The molecule has 1 unspecified atom stereocenters. The number of hydrogen-bond acceptors (Lipinski definition) is 6. The highest BCUT2D eigenvalue weighted by atomic mass is 16.3. The summed E-state index contributed by atoms with van der Waals surface area (Å²) < 4.78 is 6.96. The van der Waals surface area contributed by atoms with Crippen LogP contribution >= 0.6 is 0 Å². The Balaban J connectivity index is 1.62. The van der Waals surface area contributed by atoms with Crippen molar-refractivity contribution in [2.75, 3.05) is 0 Å². The van der Waals surface area contributed by atoms with Gasteiger partial charge in [0.25, 0.3) is 11.8 Å². The van der Waals surface area contributed by atoms with E-state index < -0.39 is 23.6 Å². The fourth-order valence-electron chi connectivity index (χ4n) is 3.17. The molecule has 3 heterocycles. The molecule has 3 N–H and O–H groups in total. The highest BCUT2D eigenvalue weighted by Crippen LogP contribution is 2.22. The molecule has 4 aromatic rings. The number of primary amides is 1. The Kier molecular flexibility index (Phi) is 5.08. The quantitative estimate of drug-likeness (QED) is 0.448. The van der Waals surface area contributed by atoms with E-state index in [1.165, 1.54) is 23.4 Å². The first kappa shape index (κ1) is 19.1. The third-order valence-electron chi connectivity index (χ3n) is 4.62. The number of ketones is 1. The second kappa shape index (κ2) is 8.00. The molecule has 150 valence electrons. The number of amides is 2. The average molecular weight is 403 g/mol. The molecule has 0 fully saturated rings. The second-order valence-corrected chi connectivity index (χ2v) is 6.55. The lowest BCUT2D eigenvalue weighted by Gasteiger charge is -2.16. The molecular weight excluding hydrogens is 386 g/mol. The summed E-state index contributed by atoms with van der Waals surface area (Å²) in [5, 5.41) is 3.38. The van der Waals surface area contributed by atoms with Crippen LogP contribution in [0.3, 0.4) is 0 Å². The first-order chi connectivity index (χ1) is 14.5. The van der Waals surface area contributed by atoms with Gasteiger partial charge in [-0.3, -0.25) is 19.0 Å². The molecule has 30 heavy (non-hydrogen) atoms. The Hall–Kier alpha value is -4.27. The summed E-state index contributed by atoms with van der Waals surface area (Å²) in [6.45, 7) is 0. The van der Waals surface area contributed by atoms with Crippen molar-refractivity contribution >= 4 is 28.6 Å². The molecule has 2 amide bonds. The van der Waals surface area contributed by atoms with E-state index in [0.29, 0.717) is 17.0 Å². The topological polar surface area (TPSA) is 133 Å². The van der Waals surface area contributed by atoms with Crippen LogP contribution in [0.5, 0.6) is 0 Å². The fourth-order valence-corrected chi connectivity index (χ4v) is 3.17. The Bertz CT molecular complexity index is 1230. The third kappa shape index (κ3) is 3.68. The number of hydrogen-bond donors (Lipinski definition) is 2. The normalized spacial score (nSPS) is 11.9. The molecular formula is C21H17N5O4. The number of fused-ring (bicyclic) bond motifs is 1. The van der Waals surface area contributed by atoms with Gasteiger partial charge in [-0.2, -0.15) is 0 Å². The molecule has 9 heteroatoms. The van der Waals surface area contributed by atoms with Crippen LogP contribution in [0.4, 0.5) is 0 Å². The third-order valence-corrected chi connectivity index (χ3v) is 4.62. The summed E-state index contributed by atoms with van der Waals surface area (Å²) in [6, 6.07) is 11.3. The molecule has 0 aliphatic carbocycles. The zero-order chi connectivity index (χ0) is 21.1. The summed E-state index contributed by atoms with van der Waals surface area (Å²) in [5.41, 5.74) is 6.67. The first-order valence-electron chi connectivity index (χ1n) is 9.08. The molecule has 1 atom stereocenters. The van der Waals surface area contributed by atoms with Crippen molar-refractivity contribution in [2.24, 2.45) is 5.73 Å². The molecule has 0 aliphatic rings. The van der Waals surface area contributed by atoms with Gasteiger partial charge < -0.3 is 15.5 Å². The summed E-state index contributed by atoms with van der Waals surface area (Å²) >= 11 is 0. The highest BCUT2D eigenvalue weighted by molar-refractivity contribution is 6.38. The smallest absolute Gasteiger partial charge is 0.287 e.